The topological polar surface area (TPSA) is 21.3 Å². The van der Waals surface area contributed by atoms with Crippen LogP contribution in [0.2, 0.25) is 10.0 Å². The van der Waals surface area contributed by atoms with E-state index in [2.05, 4.69) is 21.2 Å². The molecule has 110 valence electrons. The maximum Gasteiger partial charge on any atom is 0.127 e. The Morgan fingerprint density at radius 1 is 1.24 bits per heavy atom. The van der Waals surface area contributed by atoms with Crippen LogP contribution in [0.25, 0.3) is 0 Å². The highest BCUT2D eigenvalue weighted by Crippen LogP contribution is 2.39. The van der Waals surface area contributed by atoms with E-state index in [1.54, 1.807) is 0 Å². The second-order valence-corrected chi connectivity index (χ2v) is 6.67. The molecule has 1 aliphatic heterocycles. The number of benzene rings is 2. The molecule has 1 atom stereocenters. The lowest BCUT2D eigenvalue weighted by molar-refractivity contribution is 0.351. The lowest BCUT2D eigenvalue weighted by atomic mass is 9.96. The zero-order chi connectivity index (χ0) is 15.0. The molecule has 0 saturated carbocycles. The molecule has 2 nitrogen and oxygen atoms in total. The van der Waals surface area contributed by atoms with Crippen molar-refractivity contribution in [2.24, 2.45) is 0 Å². The summed E-state index contributed by atoms with van der Waals surface area (Å²) < 4.78 is 6.69. The molecule has 1 heterocycles. The number of hydrogen-bond acceptors (Lipinski definition) is 2. The summed E-state index contributed by atoms with van der Waals surface area (Å²) in [6.07, 6.45) is 0.903. The van der Waals surface area contributed by atoms with Crippen LogP contribution in [0, 0.1) is 0 Å². The smallest absolute Gasteiger partial charge is 0.127 e. The number of nitrogens with one attached hydrogen (secondary N) is 1. The van der Waals surface area contributed by atoms with Gasteiger partial charge in [-0.2, -0.15) is 0 Å². The van der Waals surface area contributed by atoms with E-state index in [-0.39, 0.29) is 6.04 Å². The summed E-state index contributed by atoms with van der Waals surface area (Å²) in [6.45, 7) is 0.709. The fraction of sp³-hybridized carbons (Fsp3) is 0.250. The van der Waals surface area contributed by atoms with Crippen molar-refractivity contribution in [3.8, 4) is 5.75 Å². The Kier molecular flexibility index (Phi) is 4.46. The molecule has 0 bridgehead atoms. The standard InChI is InChI=1S/C16H14BrCl2NO/c1-20-15(9-2-3-13(17)14(19)7-9)12-8-11(18)6-10-4-5-21-16(10)12/h2-3,6-8,15,20H,4-5H2,1H3. The van der Waals surface area contributed by atoms with Gasteiger partial charge in [0.2, 0.25) is 0 Å². The molecule has 5 heteroatoms. The predicted molar refractivity (Wildman–Crippen MR) is 90.7 cm³/mol. The van der Waals surface area contributed by atoms with Gasteiger partial charge < -0.3 is 10.1 Å². The Morgan fingerprint density at radius 3 is 2.76 bits per heavy atom. The third kappa shape index (κ3) is 2.93. The second-order valence-electron chi connectivity index (χ2n) is 4.98. The van der Waals surface area contributed by atoms with Gasteiger partial charge in [0, 0.05) is 21.5 Å². The van der Waals surface area contributed by atoms with Gasteiger partial charge in [-0.05, 0) is 58.4 Å². The van der Waals surface area contributed by atoms with Gasteiger partial charge in [0.05, 0.1) is 17.7 Å². The summed E-state index contributed by atoms with van der Waals surface area (Å²) in [4.78, 5) is 0. The first kappa shape index (κ1) is 15.2. The van der Waals surface area contributed by atoms with Gasteiger partial charge in [0.1, 0.15) is 5.75 Å². The van der Waals surface area contributed by atoms with E-state index in [9.17, 15) is 0 Å². The summed E-state index contributed by atoms with van der Waals surface area (Å²) in [5.74, 6) is 0.942. The zero-order valence-electron chi connectivity index (χ0n) is 11.4. The van der Waals surface area contributed by atoms with Gasteiger partial charge in [-0.1, -0.05) is 29.3 Å². The van der Waals surface area contributed by atoms with E-state index in [0.29, 0.717) is 11.6 Å². The molecular weight excluding hydrogens is 373 g/mol. The fourth-order valence-corrected chi connectivity index (χ4v) is 3.39. The van der Waals surface area contributed by atoms with Gasteiger partial charge in [-0.3, -0.25) is 0 Å². The minimum Gasteiger partial charge on any atom is -0.493 e. The number of hydrogen-bond donors (Lipinski definition) is 1. The third-order valence-electron chi connectivity index (χ3n) is 3.65. The van der Waals surface area contributed by atoms with Crippen LogP contribution in [0.15, 0.2) is 34.8 Å². The Bertz CT molecular complexity index is 690. The van der Waals surface area contributed by atoms with Crippen LogP contribution in [0.1, 0.15) is 22.7 Å². The average Bonchev–Trinajstić information content (AvgIpc) is 2.91. The van der Waals surface area contributed by atoms with Crippen LogP contribution >= 0.6 is 39.1 Å². The van der Waals surface area contributed by atoms with E-state index < -0.39 is 0 Å². The maximum atomic E-state index is 6.26. The molecule has 3 rings (SSSR count). The molecule has 1 unspecified atom stereocenters. The highest BCUT2D eigenvalue weighted by atomic mass is 79.9. The van der Waals surface area contributed by atoms with E-state index >= 15 is 0 Å². The Morgan fingerprint density at radius 2 is 2.05 bits per heavy atom. The summed E-state index contributed by atoms with van der Waals surface area (Å²) in [5, 5.41) is 4.75. The van der Waals surface area contributed by atoms with Crippen LogP contribution in [0.5, 0.6) is 5.75 Å². The fourth-order valence-electron chi connectivity index (χ4n) is 2.71. The van der Waals surface area contributed by atoms with E-state index in [1.807, 2.05) is 37.4 Å². The highest BCUT2D eigenvalue weighted by molar-refractivity contribution is 9.10. The monoisotopic (exact) mass is 385 g/mol. The molecule has 2 aromatic carbocycles. The molecule has 2 aromatic rings. The van der Waals surface area contributed by atoms with Gasteiger partial charge in [-0.15, -0.1) is 0 Å². The van der Waals surface area contributed by atoms with Gasteiger partial charge in [-0.25, -0.2) is 0 Å². The average molecular weight is 387 g/mol. The van der Waals surface area contributed by atoms with Crippen molar-refractivity contribution in [3.05, 3.63) is 61.5 Å². The molecule has 0 aliphatic carbocycles. The van der Waals surface area contributed by atoms with Crippen LogP contribution in [0.3, 0.4) is 0 Å². The molecule has 0 spiro atoms. The molecule has 1 N–H and O–H groups in total. The summed E-state index contributed by atoms with van der Waals surface area (Å²) >= 11 is 15.9. The van der Waals surface area contributed by atoms with Gasteiger partial charge in [0.15, 0.2) is 0 Å². The minimum absolute atomic E-state index is 0.0128. The molecule has 0 aromatic heterocycles. The largest absolute Gasteiger partial charge is 0.493 e. The molecule has 0 radical (unpaired) electrons. The maximum absolute atomic E-state index is 6.26. The van der Waals surface area contributed by atoms with Gasteiger partial charge in [0.25, 0.3) is 0 Å². The van der Waals surface area contributed by atoms with E-state index in [4.69, 9.17) is 27.9 Å². The molecule has 0 amide bonds. The second kappa shape index (κ2) is 6.17. The SMILES string of the molecule is CNC(c1ccc(Br)c(Cl)c1)c1cc(Cl)cc2c1OCC2. The normalized spacial score (nSPS) is 14.7. The third-order valence-corrected chi connectivity index (χ3v) is 5.10. The number of rotatable bonds is 3. The lowest BCUT2D eigenvalue weighted by Crippen LogP contribution is -2.18. The predicted octanol–water partition coefficient (Wildman–Crippen LogP) is 5.00. The van der Waals surface area contributed by atoms with Gasteiger partial charge >= 0.3 is 0 Å². The van der Waals surface area contributed by atoms with Crippen molar-refractivity contribution in [3.63, 3.8) is 0 Å². The molecule has 1 aliphatic rings. The highest BCUT2D eigenvalue weighted by Gasteiger charge is 2.24. The first-order valence-electron chi connectivity index (χ1n) is 6.67. The van der Waals surface area contributed by atoms with Crippen molar-refractivity contribution >= 4 is 39.1 Å². The number of fused-ring (bicyclic) bond motifs is 1. The lowest BCUT2D eigenvalue weighted by Gasteiger charge is -2.20. The van der Waals surface area contributed by atoms with Crippen LogP contribution in [0.4, 0.5) is 0 Å². The Hall–Kier alpha value is -0.740. The van der Waals surface area contributed by atoms with Crippen molar-refractivity contribution in [2.45, 2.75) is 12.5 Å². The summed E-state index contributed by atoms with van der Waals surface area (Å²) in [5.41, 5.74) is 3.29. The van der Waals surface area contributed by atoms with E-state index in [0.717, 1.165) is 32.8 Å². The first-order chi connectivity index (χ1) is 10.1. The minimum atomic E-state index is -0.0128. The van der Waals surface area contributed by atoms with E-state index in [1.165, 1.54) is 5.56 Å². The Labute approximate surface area is 142 Å². The number of ether oxygens (including phenoxy) is 1. The van der Waals surface area contributed by atoms with Crippen molar-refractivity contribution in [1.29, 1.82) is 0 Å². The van der Waals surface area contributed by atoms with Crippen LogP contribution in [-0.4, -0.2) is 13.7 Å². The molecule has 21 heavy (non-hydrogen) atoms. The van der Waals surface area contributed by atoms with Crippen molar-refractivity contribution in [1.82, 2.24) is 5.32 Å². The molecule has 0 saturated heterocycles. The number of halogens is 3. The Balaban J connectivity index is 2.10. The van der Waals surface area contributed by atoms with Crippen LogP contribution < -0.4 is 10.1 Å². The van der Waals surface area contributed by atoms with Crippen LogP contribution in [-0.2, 0) is 6.42 Å². The van der Waals surface area contributed by atoms with Crippen molar-refractivity contribution in [2.75, 3.05) is 13.7 Å². The molecular formula is C16H14BrCl2NO. The quantitative estimate of drug-likeness (QED) is 0.801. The zero-order valence-corrected chi connectivity index (χ0v) is 14.5. The summed E-state index contributed by atoms with van der Waals surface area (Å²) in [7, 11) is 1.92. The van der Waals surface area contributed by atoms with Crippen molar-refractivity contribution < 1.29 is 4.74 Å². The summed E-state index contributed by atoms with van der Waals surface area (Å²) in [6, 6.07) is 9.88. The molecule has 0 fully saturated rings. The first-order valence-corrected chi connectivity index (χ1v) is 8.22.